The lowest BCUT2D eigenvalue weighted by atomic mass is 9.55. The molecule has 0 aromatic heterocycles. The topological polar surface area (TPSA) is 0 Å². The minimum atomic E-state index is -0.311. The summed E-state index contributed by atoms with van der Waals surface area (Å²) in [5.74, 6) is 0.383. The van der Waals surface area contributed by atoms with Crippen molar-refractivity contribution in [2.75, 3.05) is 0 Å². The molecule has 0 N–H and O–H groups in total. The fraction of sp³-hybridized carbons (Fsp3) is 0.0857. The minimum absolute atomic E-state index is 0.181. The van der Waals surface area contributed by atoms with Gasteiger partial charge in [-0.05, 0) is 44.5 Å². The van der Waals surface area contributed by atoms with Crippen LogP contribution in [0.15, 0.2) is 140 Å². The molecule has 0 bridgehead atoms. The van der Waals surface area contributed by atoms with Crippen molar-refractivity contribution in [3.05, 3.63) is 173 Å². The van der Waals surface area contributed by atoms with Gasteiger partial charge in [-0.15, -0.1) is 0 Å². The van der Waals surface area contributed by atoms with Crippen LogP contribution < -0.4 is 0 Å². The van der Waals surface area contributed by atoms with Gasteiger partial charge in [-0.25, -0.2) is 0 Å². The molecule has 0 heterocycles. The molecule has 1 atom stereocenters. The summed E-state index contributed by atoms with van der Waals surface area (Å²) in [6, 6.07) is 49.4. The Morgan fingerprint density at radius 3 is 1.46 bits per heavy atom. The van der Waals surface area contributed by atoms with Crippen molar-refractivity contribution < 1.29 is 0 Å². The van der Waals surface area contributed by atoms with Gasteiger partial charge in [-0.1, -0.05) is 146 Å². The molecule has 2 aliphatic carbocycles. The Kier molecular flexibility index (Phi) is 4.60. The third-order valence-electron chi connectivity index (χ3n) is 8.08. The highest BCUT2D eigenvalue weighted by molar-refractivity contribution is 5.81. The van der Waals surface area contributed by atoms with Gasteiger partial charge in [-0.3, -0.25) is 0 Å². The van der Waals surface area contributed by atoms with Crippen LogP contribution in [-0.2, 0) is 5.41 Å². The van der Waals surface area contributed by atoms with Crippen LogP contribution in [0.2, 0.25) is 0 Å². The maximum Gasteiger partial charge on any atom is 0.0415 e. The number of fused-ring (bicyclic) bond motifs is 4. The summed E-state index contributed by atoms with van der Waals surface area (Å²) in [5.41, 5.74) is 10.7. The number of hydrogen-bond acceptors (Lipinski definition) is 0. The average molecular weight is 447 g/mol. The largest absolute Gasteiger partial charge is 0.0751 e. The number of allylic oxidation sites excluding steroid dienone is 1. The molecule has 0 saturated carbocycles. The highest BCUT2D eigenvalue weighted by Gasteiger charge is 2.53. The Labute approximate surface area is 207 Å². The Morgan fingerprint density at radius 1 is 0.429 bits per heavy atom. The molecule has 5 aromatic rings. The lowest BCUT2D eigenvalue weighted by Gasteiger charge is -2.46. The van der Waals surface area contributed by atoms with Crippen molar-refractivity contribution in [1.29, 1.82) is 0 Å². The van der Waals surface area contributed by atoms with Crippen LogP contribution in [0, 0.1) is 0 Å². The van der Waals surface area contributed by atoms with E-state index in [1.165, 1.54) is 44.5 Å². The van der Waals surface area contributed by atoms with Gasteiger partial charge in [0.15, 0.2) is 0 Å². The van der Waals surface area contributed by atoms with E-state index in [0.717, 1.165) is 0 Å². The van der Waals surface area contributed by atoms with Crippen molar-refractivity contribution >= 4 is 6.08 Å². The normalized spacial score (nSPS) is 16.1. The van der Waals surface area contributed by atoms with E-state index < -0.39 is 0 Å². The van der Waals surface area contributed by atoms with Gasteiger partial charge < -0.3 is 0 Å². The Balaban J connectivity index is 1.64. The van der Waals surface area contributed by atoms with Crippen LogP contribution in [-0.4, -0.2) is 0 Å². The van der Waals surface area contributed by atoms with E-state index in [1.54, 1.807) is 0 Å². The molecule has 0 nitrogen and oxygen atoms in total. The summed E-state index contributed by atoms with van der Waals surface area (Å²) in [4.78, 5) is 0. The van der Waals surface area contributed by atoms with Gasteiger partial charge in [0.1, 0.15) is 0 Å². The van der Waals surface area contributed by atoms with Crippen LogP contribution in [0.25, 0.3) is 17.2 Å². The number of benzene rings is 5. The van der Waals surface area contributed by atoms with Gasteiger partial charge in [0.05, 0.1) is 0 Å². The summed E-state index contributed by atoms with van der Waals surface area (Å²) < 4.78 is 0. The van der Waals surface area contributed by atoms with Crippen molar-refractivity contribution in [2.45, 2.75) is 17.3 Å². The molecule has 0 spiro atoms. The Bertz CT molecular complexity index is 1460. The van der Waals surface area contributed by atoms with Crippen LogP contribution in [0.1, 0.15) is 45.2 Å². The second-order valence-corrected chi connectivity index (χ2v) is 9.67. The standard InChI is InChI=1S/C35H26/c1-3-14-26(15-4-1)35(27-16-5-2-6-17-27,33-24-23-25-13-7-8-18-28(25)33)34-31-21-11-9-19-29(31)30-20-10-12-22-32(30)34/h1-24,33-34H. The van der Waals surface area contributed by atoms with Crippen LogP contribution in [0.4, 0.5) is 0 Å². The minimum Gasteiger partial charge on any atom is -0.0751 e. The number of hydrogen-bond donors (Lipinski definition) is 0. The van der Waals surface area contributed by atoms with Crippen LogP contribution >= 0.6 is 0 Å². The Hall–Kier alpha value is -4.16. The summed E-state index contributed by atoms with van der Waals surface area (Å²) >= 11 is 0. The molecule has 7 rings (SSSR count). The molecule has 0 amide bonds. The second kappa shape index (κ2) is 7.96. The van der Waals surface area contributed by atoms with Gasteiger partial charge in [0, 0.05) is 17.3 Å². The average Bonchev–Trinajstić information content (AvgIpc) is 3.52. The summed E-state index contributed by atoms with van der Waals surface area (Å²) in [6.45, 7) is 0. The first kappa shape index (κ1) is 20.2. The highest BCUT2D eigenvalue weighted by Crippen LogP contribution is 2.62. The van der Waals surface area contributed by atoms with Crippen LogP contribution in [0.3, 0.4) is 0 Å². The first-order valence-corrected chi connectivity index (χ1v) is 12.5. The quantitative estimate of drug-likeness (QED) is 0.259. The second-order valence-electron chi connectivity index (χ2n) is 9.67. The van der Waals surface area contributed by atoms with Crippen molar-refractivity contribution in [1.82, 2.24) is 0 Å². The molecule has 1 unspecified atom stereocenters. The highest BCUT2D eigenvalue weighted by atomic mass is 14.5. The maximum absolute atomic E-state index is 2.45. The third kappa shape index (κ3) is 2.87. The van der Waals surface area contributed by atoms with Gasteiger partial charge >= 0.3 is 0 Å². The summed E-state index contributed by atoms with van der Waals surface area (Å²) in [6.07, 6.45) is 4.78. The van der Waals surface area contributed by atoms with E-state index >= 15 is 0 Å². The summed E-state index contributed by atoms with van der Waals surface area (Å²) in [7, 11) is 0. The first-order chi connectivity index (χ1) is 17.4. The molecule has 166 valence electrons. The molecule has 0 aliphatic heterocycles. The van der Waals surface area contributed by atoms with Crippen molar-refractivity contribution in [3.63, 3.8) is 0 Å². The Morgan fingerprint density at radius 2 is 0.886 bits per heavy atom. The van der Waals surface area contributed by atoms with E-state index in [0.29, 0.717) is 0 Å². The molecule has 2 aliphatic rings. The van der Waals surface area contributed by atoms with E-state index in [-0.39, 0.29) is 17.3 Å². The SMILES string of the molecule is C1=CC(C(c2ccccc2)(c2ccccc2)C2c3ccccc3-c3ccccc32)c2ccccc21. The fourth-order valence-corrected chi connectivity index (χ4v) is 6.76. The van der Waals surface area contributed by atoms with Crippen molar-refractivity contribution in [3.8, 4) is 11.1 Å². The third-order valence-corrected chi connectivity index (χ3v) is 8.08. The predicted molar refractivity (Wildman–Crippen MR) is 146 cm³/mol. The molecule has 0 heteroatoms. The molecular formula is C35H26. The smallest absolute Gasteiger partial charge is 0.0415 e. The van der Waals surface area contributed by atoms with E-state index in [9.17, 15) is 0 Å². The zero-order valence-corrected chi connectivity index (χ0v) is 19.5. The maximum atomic E-state index is 2.45. The van der Waals surface area contributed by atoms with E-state index in [4.69, 9.17) is 0 Å². The molecular weight excluding hydrogens is 420 g/mol. The monoisotopic (exact) mass is 446 g/mol. The van der Waals surface area contributed by atoms with Gasteiger partial charge in [0.25, 0.3) is 0 Å². The van der Waals surface area contributed by atoms with E-state index in [1.807, 2.05) is 0 Å². The number of rotatable bonds is 4. The van der Waals surface area contributed by atoms with Crippen LogP contribution in [0.5, 0.6) is 0 Å². The zero-order valence-electron chi connectivity index (χ0n) is 19.5. The first-order valence-electron chi connectivity index (χ1n) is 12.5. The molecule has 0 radical (unpaired) electrons. The molecule has 5 aromatic carbocycles. The fourth-order valence-electron chi connectivity index (χ4n) is 6.76. The predicted octanol–water partition coefficient (Wildman–Crippen LogP) is 8.60. The molecule has 0 fully saturated rings. The van der Waals surface area contributed by atoms with E-state index in [2.05, 4.69) is 146 Å². The van der Waals surface area contributed by atoms with Crippen molar-refractivity contribution in [2.24, 2.45) is 0 Å². The van der Waals surface area contributed by atoms with Gasteiger partial charge in [-0.2, -0.15) is 0 Å². The lowest BCUT2D eigenvalue weighted by Crippen LogP contribution is -2.40. The van der Waals surface area contributed by atoms with Gasteiger partial charge in [0.2, 0.25) is 0 Å². The zero-order chi connectivity index (χ0) is 23.2. The molecule has 35 heavy (non-hydrogen) atoms. The molecule has 0 saturated heterocycles. The lowest BCUT2D eigenvalue weighted by molar-refractivity contribution is 0.417. The summed E-state index contributed by atoms with van der Waals surface area (Å²) in [5, 5.41) is 0.